The normalized spacial score (nSPS) is 19.2. The maximum atomic E-state index is 5.82. The van der Waals surface area contributed by atoms with Gasteiger partial charge >= 0.3 is 0 Å². The maximum Gasteiger partial charge on any atom is 0.191 e. The molecule has 1 aromatic rings. The third-order valence-electron chi connectivity index (χ3n) is 3.38. The Hall–Kier alpha value is -1.02. The van der Waals surface area contributed by atoms with E-state index >= 15 is 0 Å². The predicted octanol–water partition coefficient (Wildman–Crippen LogP) is 2.42. The number of halogens is 1. The molecule has 5 nitrogen and oxygen atoms in total. The van der Waals surface area contributed by atoms with E-state index in [9.17, 15) is 0 Å². The van der Waals surface area contributed by atoms with E-state index in [1.807, 2.05) is 37.3 Å². The highest BCUT2D eigenvalue weighted by Crippen LogP contribution is 2.11. The molecule has 0 spiro atoms. The summed E-state index contributed by atoms with van der Waals surface area (Å²) in [6, 6.07) is 9.84. The quantitative estimate of drug-likeness (QED) is 0.423. The van der Waals surface area contributed by atoms with Crippen LogP contribution in [0.4, 0.5) is 0 Å². The minimum Gasteiger partial charge on any atom is -0.489 e. The maximum absolute atomic E-state index is 5.82. The van der Waals surface area contributed by atoms with Gasteiger partial charge in [-0.25, -0.2) is 0 Å². The molecule has 0 amide bonds. The summed E-state index contributed by atoms with van der Waals surface area (Å²) in [5.74, 6) is 1.67. The fourth-order valence-corrected chi connectivity index (χ4v) is 2.25. The number of guanidine groups is 1. The molecular weight excluding hydrogens is 393 g/mol. The number of nitrogens with zero attached hydrogens (tertiary/aromatic N) is 1. The van der Waals surface area contributed by atoms with Crippen LogP contribution in [0.25, 0.3) is 0 Å². The Morgan fingerprint density at radius 1 is 1.36 bits per heavy atom. The van der Waals surface area contributed by atoms with Crippen LogP contribution in [-0.4, -0.2) is 44.9 Å². The number of aliphatic imine (C=N–C) groups is 1. The summed E-state index contributed by atoms with van der Waals surface area (Å²) in [5.41, 5.74) is 0. The molecule has 1 fully saturated rings. The first-order chi connectivity index (χ1) is 10.3. The van der Waals surface area contributed by atoms with Gasteiger partial charge in [0.15, 0.2) is 5.96 Å². The van der Waals surface area contributed by atoms with Crippen molar-refractivity contribution >= 4 is 29.9 Å². The first-order valence-corrected chi connectivity index (χ1v) is 7.55. The summed E-state index contributed by atoms with van der Waals surface area (Å²) in [6.07, 6.45) is 2.65. The van der Waals surface area contributed by atoms with Crippen LogP contribution in [0.15, 0.2) is 35.3 Å². The van der Waals surface area contributed by atoms with E-state index < -0.39 is 0 Å². The number of nitrogens with one attached hydrogen (secondary N) is 2. The van der Waals surface area contributed by atoms with Crippen LogP contribution in [0, 0.1) is 0 Å². The molecule has 0 aliphatic carbocycles. The minimum absolute atomic E-state index is 0. The molecule has 2 N–H and O–H groups in total. The van der Waals surface area contributed by atoms with Crippen LogP contribution in [0.5, 0.6) is 5.75 Å². The van der Waals surface area contributed by atoms with Gasteiger partial charge in [-0.05, 0) is 31.9 Å². The summed E-state index contributed by atoms with van der Waals surface area (Å²) in [5, 5.41) is 6.56. The van der Waals surface area contributed by atoms with Gasteiger partial charge in [0, 0.05) is 20.2 Å². The van der Waals surface area contributed by atoms with Crippen molar-refractivity contribution in [3.8, 4) is 5.75 Å². The fraction of sp³-hybridized carbons (Fsp3) is 0.562. The standard InChI is InChI=1S/C16H25N3O2.HI/c1-13(21-14-7-4-3-5-8-14)11-18-16(17-2)19-12-15-9-6-10-20-15;/h3-5,7-8,13,15H,6,9-12H2,1-2H3,(H2,17,18,19);1H. The van der Waals surface area contributed by atoms with Crippen LogP contribution in [0.1, 0.15) is 19.8 Å². The summed E-state index contributed by atoms with van der Waals surface area (Å²) in [7, 11) is 1.77. The van der Waals surface area contributed by atoms with E-state index in [1.54, 1.807) is 7.05 Å². The molecule has 0 aromatic heterocycles. The molecule has 0 saturated carbocycles. The molecule has 1 heterocycles. The van der Waals surface area contributed by atoms with Gasteiger partial charge in [-0.15, -0.1) is 24.0 Å². The van der Waals surface area contributed by atoms with Crippen molar-refractivity contribution in [1.82, 2.24) is 10.6 Å². The van der Waals surface area contributed by atoms with Crippen LogP contribution >= 0.6 is 24.0 Å². The van der Waals surface area contributed by atoms with Crippen molar-refractivity contribution in [2.24, 2.45) is 4.99 Å². The second kappa shape index (κ2) is 10.7. The fourth-order valence-electron chi connectivity index (χ4n) is 2.25. The van der Waals surface area contributed by atoms with Gasteiger partial charge in [0.05, 0.1) is 12.6 Å². The Morgan fingerprint density at radius 2 is 2.14 bits per heavy atom. The van der Waals surface area contributed by atoms with Gasteiger partial charge in [-0.2, -0.15) is 0 Å². The molecule has 2 atom stereocenters. The second-order valence-corrected chi connectivity index (χ2v) is 5.21. The molecular formula is C16H26IN3O2. The first kappa shape index (κ1) is 19.0. The van der Waals surface area contributed by atoms with E-state index in [0.29, 0.717) is 12.6 Å². The number of benzene rings is 1. The van der Waals surface area contributed by atoms with Gasteiger partial charge < -0.3 is 20.1 Å². The molecule has 2 rings (SSSR count). The highest BCUT2D eigenvalue weighted by atomic mass is 127. The van der Waals surface area contributed by atoms with Gasteiger partial charge in [-0.1, -0.05) is 18.2 Å². The van der Waals surface area contributed by atoms with Crippen LogP contribution in [0.2, 0.25) is 0 Å². The molecule has 6 heteroatoms. The SMILES string of the molecule is CN=C(NCC(C)Oc1ccccc1)NCC1CCCO1.I. The third-order valence-corrected chi connectivity index (χ3v) is 3.38. The van der Waals surface area contributed by atoms with Gasteiger partial charge in [0.2, 0.25) is 0 Å². The van der Waals surface area contributed by atoms with Crippen molar-refractivity contribution in [1.29, 1.82) is 0 Å². The van der Waals surface area contributed by atoms with E-state index in [4.69, 9.17) is 9.47 Å². The smallest absolute Gasteiger partial charge is 0.191 e. The highest BCUT2D eigenvalue weighted by molar-refractivity contribution is 14.0. The Morgan fingerprint density at radius 3 is 2.77 bits per heavy atom. The zero-order chi connectivity index (χ0) is 14.9. The topological polar surface area (TPSA) is 54.9 Å². The van der Waals surface area contributed by atoms with Gasteiger partial charge in [-0.3, -0.25) is 4.99 Å². The van der Waals surface area contributed by atoms with E-state index in [2.05, 4.69) is 15.6 Å². The summed E-state index contributed by atoms with van der Waals surface area (Å²) < 4.78 is 11.4. The number of hydrogen-bond donors (Lipinski definition) is 2. The average molecular weight is 419 g/mol. The van der Waals surface area contributed by atoms with Gasteiger partial charge in [0.1, 0.15) is 11.9 Å². The lowest BCUT2D eigenvalue weighted by molar-refractivity contribution is 0.113. The zero-order valence-corrected chi connectivity index (χ0v) is 15.6. The lowest BCUT2D eigenvalue weighted by atomic mass is 10.2. The van der Waals surface area contributed by atoms with E-state index in [0.717, 1.165) is 37.7 Å². The van der Waals surface area contributed by atoms with Crippen molar-refractivity contribution in [2.75, 3.05) is 26.7 Å². The van der Waals surface area contributed by atoms with Crippen LogP contribution in [-0.2, 0) is 4.74 Å². The van der Waals surface area contributed by atoms with Crippen LogP contribution < -0.4 is 15.4 Å². The average Bonchev–Trinajstić information content (AvgIpc) is 3.02. The molecule has 22 heavy (non-hydrogen) atoms. The van der Waals surface area contributed by atoms with Crippen molar-refractivity contribution < 1.29 is 9.47 Å². The first-order valence-electron chi connectivity index (χ1n) is 7.55. The minimum atomic E-state index is 0. The summed E-state index contributed by atoms with van der Waals surface area (Å²) in [4.78, 5) is 4.21. The Labute approximate surface area is 149 Å². The van der Waals surface area contributed by atoms with E-state index in [1.165, 1.54) is 0 Å². The van der Waals surface area contributed by atoms with Crippen LogP contribution in [0.3, 0.4) is 0 Å². The Kier molecular flexibility index (Phi) is 9.22. The Balaban J connectivity index is 0.00000242. The monoisotopic (exact) mass is 419 g/mol. The number of para-hydroxylation sites is 1. The summed E-state index contributed by atoms with van der Waals surface area (Å²) >= 11 is 0. The number of rotatable bonds is 6. The van der Waals surface area contributed by atoms with E-state index in [-0.39, 0.29) is 30.1 Å². The molecule has 2 unspecified atom stereocenters. The van der Waals surface area contributed by atoms with Crippen molar-refractivity contribution in [3.63, 3.8) is 0 Å². The second-order valence-electron chi connectivity index (χ2n) is 5.21. The summed E-state index contributed by atoms with van der Waals surface area (Å²) in [6.45, 7) is 4.40. The molecule has 1 aliphatic rings. The molecule has 1 aliphatic heterocycles. The van der Waals surface area contributed by atoms with Gasteiger partial charge in [0.25, 0.3) is 0 Å². The molecule has 0 bridgehead atoms. The predicted molar refractivity (Wildman–Crippen MR) is 100 cm³/mol. The molecule has 1 aromatic carbocycles. The highest BCUT2D eigenvalue weighted by Gasteiger charge is 2.15. The Bertz CT molecular complexity index is 436. The number of ether oxygens (including phenoxy) is 2. The third kappa shape index (κ3) is 6.83. The number of hydrogen-bond acceptors (Lipinski definition) is 3. The largest absolute Gasteiger partial charge is 0.489 e. The molecule has 124 valence electrons. The zero-order valence-electron chi connectivity index (χ0n) is 13.2. The lowest BCUT2D eigenvalue weighted by Gasteiger charge is -2.18. The molecule has 1 saturated heterocycles. The lowest BCUT2D eigenvalue weighted by Crippen LogP contribution is -2.44. The molecule has 0 radical (unpaired) electrons. The van der Waals surface area contributed by atoms with Crippen molar-refractivity contribution in [2.45, 2.75) is 32.0 Å². The van der Waals surface area contributed by atoms with Crippen molar-refractivity contribution in [3.05, 3.63) is 30.3 Å².